The van der Waals surface area contributed by atoms with Crippen LogP contribution in [-0.4, -0.2) is 60.9 Å². The molecule has 0 aromatic heterocycles. The number of allylic oxidation sites excluding steroid dienone is 1. The number of benzene rings is 2. The fourth-order valence-electron chi connectivity index (χ4n) is 7.72. The molecule has 1 saturated carbocycles. The van der Waals surface area contributed by atoms with Gasteiger partial charge in [0.2, 0.25) is 5.91 Å². The van der Waals surface area contributed by atoms with E-state index in [0.29, 0.717) is 31.6 Å². The van der Waals surface area contributed by atoms with Gasteiger partial charge >= 0.3 is 0 Å². The van der Waals surface area contributed by atoms with Crippen LogP contribution in [-0.2, 0) is 16.8 Å². The predicted molar refractivity (Wildman–Crippen MR) is 158 cm³/mol. The van der Waals surface area contributed by atoms with Gasteiger partial charge in [0, 0.05) is 35.7 Å². The van der Waals surface area contributed by atoms with Crippen molar-refractivity contribution in [2.75, 3.05) is 33.3 Å². The number of amides is 2. The van der Waals surface area contributed by atoms with Crippen LogP contribution >= 0.6 is 0 Å². The smallest absolute Gasteiger partial charge is 0.255 e. The topological polar surface area (TPSA) is 61.9 Å². The highest BCUT2D eigenvalue weighted by molar-refractivity contribution is 6.02. The Bertz CT molecular complexity index is 1240. The molecular weight excluding hydrogens is 498 g/mol. The Morgan fingerprint density at radius 3 is 2.58 bits per heavy atom. The zero-order chi connectivity index (χ0) is 27.7. The van der Waals surface area contributed by atoms with Crippen LogP contribution in [0.25, 0.3) is 0 Å². The molecular formula is C34H43N3O3. The molecule has 6 rings (SSSR count). The summed E-state index contributed by atoms with van der Waals surface area (Å²) in [5, 5.41) is 2.74. The molecule has 1 N–H and O–H groups in total. The van der Waals surface area contributed by atoms with Crippen LogP contribution in [0.1, 0.15) is 84.3 Å². The van der Waals surface area contributed by atoms with E-state index in [1.54, 1.807) is 18.0 Å². The fourth-order valence-corrected chi connectivity index (χ4v) is 7.72. The average Bonchev–Trinajstić information content (AvgIpc) is 3.53. The second kappa shape index (κ2) is 11.4. The lowest BCUT2D eigenvalue weighted by molar-refractivity contribution is -0.125. The van der Waals surface area contributed by atoms with E-state index in [2.05, 4.69) is 53.2 Å². The number of carbonyl (C=O) groups is 2. The first kappa shape index (κ1) is 27.1. The van der Waals surface area contributed by atoms with Crippen molar-refractivity contribution in [1.82, 2.24) is 15.1 Å². The van der Waals surface area contributed by atoms with E-state index in [-0.39, 0.29) is 17.2 Å². The van der Waals surface area contributed by atoms with Crippen LogP contribution in [0.5, 0.6) is 5.75 Å². The van der Waals surface area contributed by atoms with Gasteiger partial charge in [-0.05, 0) is 87.9 Å². The zero-order valence-corrected chi connectivity index (χ0v) is 23.9. The number of carbonyl (C=O) groups excluding carboxylic acids is 2. The van der Waals surface area contributed by atoms with Gasteiger partial charge in [-0.15, -0.1) is 6.58 Å². The Morgan fingerprint density at radius 2 is 1.88 bits per heavy atom. The minimum atomic E-state index is -0.500. The molecule has 0 bridgehead atoms. The van der Waals surface area contributed by atoms with Gasteiger partial charge in [-0.2, -0.15) is 0 Å². The Morgan fingerprint density at radius 1 is 1.12 bits per heavy atom. The number of rotatable bonds is 8. The van der Waals surface area contributed by atoms with E-state index in [0.717, 1.165) is 49.1 Å². The molecule has 6 heteroatoms. The molecule has 2 aromatic carbocycles. The van der Waals surface area contributed by atoms with Crippen LogP contribution in [0.15, 0.2) is 55.1 Å². The maximum absolute atomic E-state index is 13.4. The van der Waals surface area contributed by atoms with Gasteiger partial charge in [-0.1, -0.05) is 42.5 Å². The summed E-state index contributed by atoms with van der Waals surface area (Å²) in [5.74, 6) is 2.23. The third-order valence-corrected chi connectivity index (χ3v) is 10.2. The van der Waals surface area contributed by atoms with Crippen molar-refractivity contribution < 1.29 is 14.3 Å². The van der Waals surface area contributed by atoms with Gasteiger partial charge in [0.1, 0.15) is 11.8 Å². The second-order valence-electron chi connectivity index (χ2n) is 12.4. The van der Waals surface area contributed by atoms with Gasteiger partial charge in [0.25, 0.3) is 5.91 Å². The summed E-state index contributed by atoms with van der Waals surface area (Å²) in [6.07, 6.45) is 10.5. The lowest BCUT2D eigenvalue weighted by atomic mass is 9.73. The van der Waals surface area contributed by atoms with Crippen molar-refractivity contribution in [1.29, 1.82) is 0 Å². The maximum Gasteiger partial charge on any atom is 0.255 e. The standard InChI is InChI=1S/C34H43N3O3/c1-3-4-10-30(32(38)35-2)37-22-28-27(33(37)39)15-16-29-31(28)40-23-34(29)17-19-36(20-18-34)21-24-11-13-26(14-12-24)25-8-6-5-7-9-25/h3,5-9,15-16,24,26,30H,1,4,10-14,17-23H2,2H3,(H,35,38). The highest BCUT2D eigenvalue weighted by Crippen LogP contribution is 2.50. The van der Waals surface area contributed by atoms with Crippen molar-refractivity contribution in [2.24, 2.45) is 5.92 Å². The average molecular weight is 542 g/mol. The predicted octanol–water partition coefficient (Wildman–Crippen LogP) is 5.42. The Kier molecular flexibility index (Phi) is 7.71. The summed E-state index contributed by atoms with van der Waals surface area (Å²) in [5.41, 5.74) is 4.46. The van der Waals surface area contributed by atoms with Crippen LogP contribution in [0.3, 0.4) is 0 Å². The minimum absolute atomic E-state index is 0.0331. The van der Waals surface area contributed by atoms with Gasteiger partial charge in [-0.25, -0.2) is 0 Å². The Labute approximate surface area is 238 Å². The van der Waals surface area contributed by atoms with Crippen LogP contribution < -0.4 is 10.1 Å². The number of piperidine rings is 1. The number of likely N-dealkylation sites (N-methyl/N-ethyl adjacent to an activating group) is 1. The maximum atomic E-state index is 13.4. The minimum Gasteiger partial charge on any atom is -0.492 e. The highest BCUT2D eigenvalue weighted by Gasteiger charge is 2.47. The molecule has 212 valence electrons. The van der Waals surface area contributed by atoms with Crippen LogP contribution in [0, 0.1) is 5.92 Å². The number of hydrogen-bond acceptors (Lipinski definition) is 4. The SMILES string of the molecule is C=CCCC(C(=O)NC)N1Cc2c(ccc3c2OCC32CCN(CC3CCC(c4ccccc4)CC3)CC2)C1=O. The number of fused-ring (bicyclic) bond motifs is 4. The van der Waals surface area contributed by atoms with Crippen molar-refractivity contribution in [3.8, 4) is 5.75 Å². The molecule has 2 aromatic rings. The fraction of sp³-hybridized carbons (Fsp3) is 0.529. The summed E-state index contributed by atoms with van der Waals surface area (Å²) in [7, 11) is 1.63. The first-order chi connectivity index (χ1) is 19.5. The van der Waals surface area contributed by atoms with E-state index in [9.17, 15) is 9.59 Å². The summed E-state index contributed by atoms with van der Waals surface area (Å²) in [6, 6.07) is 14.7. The number of nitrogens with zero attached hydrogens (tertiary/aromatic N) is 2. The molecule has 3 aliphatic heterocycles. The molecule has 2 fully saturated rings. The molecule has 4 aliphatic rings. The monoisotopic (exact) mass is 541 g/mol. The Balaban J connectivity index is 1.09. The third kappa shape index (κ3) is 4.96. The summed E-state index contributed by atoms with van der Waals surface area (Å²) >= 11 is 0. The number of nitrogens with one attached hydrogen (secondary N) is 1. The molecule has 6 nitrogen and oxygen atoms in total. The van der Waals surface area contributed by atoms with E-state index in [1.807, 2.05) is 6.07 Å². The van der Waals surface area contributed by atoms with Crippen LogP contribution in [0.2, 0.25) is 0 Å². The molecule has 1 saturated heterocycles. The van der Waals surface area contributed by atoms with Crippen molar-refractivity contribution in [3.05, 3.63) is 77.4 Å². The molecule has 40 heavy (non-hydrogen) atoms. The second-order valence-corrected chi connectivity index (χ2v) is 12.4. The lowest BCUT2D eigenvalue weighted by Gasteiger charge is -2.41. The van der Waals surface area contributed by atoms with E-state index in [4.69, 9.17) is 4.74 Å². The molecule has 1 unspecified atom stereocenters. The highest BCUT2D eigenvalue weighted by atomic mass is 16.5. The van der Waals surface area contributed by atoms with Gasteiger partial charge in [-0.3, -0.25) is 9.59 Å². The number of hydrogen-bond donors (Lipinski definition) is 1. The molecule has 1 spiro atoms. The quantitative estimate of drug-likeness (QED) is 0.453. The largest absolute Gasteiger partial charge is 0.492 e. The third-order valence-electron chi connectivity index (χ3n) is 10.2. The van der Waals surface area contributed by atoms with E-state index >= 15 is 0 Å². The van der Waals surface area contributed by atoms with E-state index < -0.39 is 6.04 Å². The summed E-state index contributed by atoms with van der Waals surface area (Å²) < 4.78 is 6.40. The molecule has 0 radical (unpaired) electrons. The van der Waals surface area contributed by atoms with E-state index in [1.165, 1.54) is 43.4 Å². The number of ether oxygens (including phenoxy) is 1. The zero-order valence-electron chi connectivity index (χ0n) is 23.9. The molecule has 3 heterocycles. The lowest BCUT2D eigenvalue weighted by Crippen LogP contribution is -2.46. The Hall–Kier alpha value is -3.12. The van der Waals surface area contributed by atoms with Crippen molar-refractivity contribution in [3.63, 3.8) is 0 Å². The normalized spacial score (nSPS) is 24.3. The summed E-state index contributed by atoms with van der Waals surface area (Å²) in [4.78, 5) is 30.4. The van der Waals surface area contributed by atoms with Gasteiger partial charge in [0.05, 0.1) is 13.2 Å². The van der Waals surface area contributed by atoms with Crippen molar-refractivity contribution >= 4 is 11.8 Å². The molecule has 2 amide bonds. The van der Waals surface area contributed by atoms with Gasteiger partial charge < -0.3 is 19.9 Å². The van der Waals surface area contributed by atoms with Crippen molar-refractivity contribution in [2.45, 2.75) is 75.3 Å². The number of likely N-dealkylation sites (tertiary alicyclic amines) is 1. The first-order valence-electron chi connectivity index (χ1n) is 15.2. The van der Waals surface area contributed by atoms with Crippen LogP contribution in [0.4, 0.5) is 0 Å². The summed E-state index contributed by atoms with van der Waals surface area (Å²) in [6.45, 7) is 8.33. The first-order valence-corrected chi connectivity index (χ1v) is 15.2. The van der Waals surface area contributed by atoms with Gasteiger partial charge in [0.15, 0.2) is 0 Å². The molecule has 1 aliphatic carbocycles. The molecule has 1 atom stereocenters.